The number of hydrogen-bond donors (Lipinski definition) is 1. The van der Waals surface area contributed by atoms with Crippen LogP contribution in [0.25, 0.3) is 0 Å². The van der Waals surface area contributed by atoms with Crippen LogP contribution in [0, 0.1) is 5.92 Å². The second-order valence-corrected chi connectivity index (χ2v) is 3.80. The van der Waals surface area contributed by atoms with Gasteiger partial charge in [-0.15, -0.1) is 0 Å². The van der Waals surface area contributed by atoms with Gasteiger partial charge in [-0.2, -0.15) is 10.1 Å². The van der Waals surface area contributed by atoms with Crippen molar-refractivity contribution in [3.63, 3.8) is 0 Å². The summed E-state index contributed by atoms with van der Waals surface area (Å²) in [6, 6.07) is 3.40. The zero-order valence-corrected chi connectivity index (χ0v) is 9.34. The fraction of sp³-hybridized carbons (Fsp3) is 0.364. The van der Waals surface area contributed by atoms with Crippen molar-refractivity contribution >= 4 is 23.1 Å². The Morgan fingerprint density at radius 2 is 2.25 bits per heavy atom. The first-order chi connectivity index (χ1) is 7.63. The van der Waals surface area contributed by atoms with Crippen LogP contribution < -0.4 is 10.7 Å². The smallest absolute Gasteiger partial charge is 0.257 e. The molecule has 1 aliphatic heterocycles. The van der Waals surface area contributed by atoms with Crippen molar-refractivity contribution in [1.29, 1.82) is 0 Å². The first kappa shape index (κ1) is 10.6. The number of pyridine rings is 1. The number of rotatable bonds is 2. The van der Waals surface area contributed by atoms with E-state index < -0.39 is 0 Å². The van der Waals surface area contributed by atoms with Crippen LogP contribution in [0.4, 0.5) is 11.5 Å². The lowest BCUT2D eigenvalue weighted by atomic mass is 10.0. The molecule has 84 valence electrons. The highest BCUT2D eigenvalue weighted by Gasteiger charge is 2.33. The van der Waals surface area contributed by atoms with Crippen molar-refractivity contribution in [2.75, 3.05) is 10.7 Å². The zero-order chi connectivity index (χ0) is 11.7. The molecule has 0 bridgehead atoms. The molecule has 1 amide bonds. The van der Waals surface area contributed by atoms with Crippen LogP contribution in [0.5, 0.6) is 0 Å². The van der Waals surface area contributed by atoms with Gasteiger partial charge in [0.2, 0.25) is 0 Å². The fourth-order valence-corrected chi connectivity index (χ4v) is 1.76. The SMILES string of the molecule is CC[C@@H]1C(=O)N(c2ccc(N)cn2)N=C1C. The van der Waals surface area contributed by atoms with Gasteiger partial charge in [-0.25, -0.2) is 4.98 Å². The number of carbonyl (C=O) groups excluding carboxylic acids is 1. The molecule has 2 N–H and O–H groups in total. The van der Waals surface area contributed by atoms with Gasteiger partial charge in [0, 0.05) is 5.71 Å². The molecule has 5 nitrogen and oxygen atoms in total. The summed E-state index contributed by atoms with van der Waals surface area (Å²) in [6.45, 7) is 3.84. The summed E-state index contributed by atoms with van der Waals surface area (Å²) >= 11 is 0. The van der Waals surface area contributed by atoms with Crippen LogP contribution in [0.3, 0.4) is 0 Å². The summed E-state index contributed by atoms with van der Waals surface area (Å²) in [6.07, 6.45) is 2.28. The van der Waals surface area contributed by atoms with Gasteiger partial charge in [-0.3, -0.25) is 4.79 Å². The Kier molecular flexibility index (Phi) is 2.60. The lowest BCUT2D eigenvalue weighted by molar-refractivity contribution is -0.119. The van der Waals surface area contributed by atoms with Crippen molar-refractivity contribution in [3.05, 3.63) is 18.3 Å². The maximum absolute atomic E-state index is 12.0. The molecule has 16 heavy (non-hydrogen) atoms. The summed E-state index contributed by atoms with van der Waals surface area (Å²) in [5, 5.41) is 5.57. The maximum Gasteiger partial charge on any atom is 0.257 e. The van der Waals surface area contributed by atoms with Crippen LogP contribution in [0.2, 0.25) is 0 Å². The number of anilines is 2. The average molecular weight is 218 g/mol. The Morgan fingerprint density at radius 3 is 2.75 bits per heavy atom. The van der Waals surface area contributed by atoms with Crippen LogP contribution in [-0.2, 0) is 4.79 Å². The molecular weight excluding hydrogens is 204 g/mol. The molecule has 0 saturated heterocycles. The van der Waals surface area contributed by atoms with Gasteiger partial charge in [-0.1, -0.05) is 6.92 Å². The first-order valence-corrected chi connectivity index (χ1v) is 5.24. The molecule has 0 unspecified atom stereocenters. The third-order valence-corrected chi connectivity index (χ3v) is 2.66. The molecule has 0 radical (unpaired) electrons. The van der Waals surface area contributed by atoms with Crippen LogP contribution >= 0.6 is 0 Å². The van der Waals surface area contributed by atoms with Gasteiger partial charge >= 0.3 is 0 Å². The highest BCUT2D eigenvalue weighted by molar-refractivity contribution is 6.14. The Hall–Kier alpha value is -1.91. The summed E-state index contributed by atoms with van der Waals surface area (Å²) in [4.78, 5) is 16.1. The van der Waals surface area contributed by atoms with E-state index in [0.29, 0.717) is 11.5 Å². The second-order valence-electron chi connectivity index (χ2n) is 3.80. The van der Waals surface area contributed by atoms with Gasteiger partial charge in [0.25, 0.3) is 5.91 Å². The summed E-state index contributed by atoms with van der Waals surface area (Å²) in [5.74, 6) is 0.395. The van der Waals surface area contributed by atoms with E-state index in [9.17, 15) is 4.79 Å². The van der Waals surface area contributed by atoms with E-state index in [2.05, 4.69) is 10.1 Å². The van der Waals surface area contributed by atoms with E-state index in [0.717, 1.165) is 12.1 Å². The minimum absolute atomic E-state index is 0.0164. The fourth-order valence-electron chi connectivity index (χ4n) is 1.76. The predicted octanol–water partition coefficient (Wildman–Crippen LogP) is 1.41. The lowest BCUT2D eigenvalue weighted by Crippen LogP contribution is -2.27. The monoisotopic (exact) mass is 218 g/mol. The quantitative estimate of drug-likeness (QED) is 0.815. The van der Waals surface area contributed by atoms with Crippen molar-refractivity contribution in [2.24, 2.45) is 11.0 Å². The van der Waals surface area contributed by atoms with Crippen molar-refractivity contribution in [1.82, 2.24) is 4.98 Å². The molecule has 1 aliphatic rings. The third-order valence-electron chi connectivity index (χ3n) is 2.66. The van der Waals surface area contributed by atoms with Gasteiger partial charge in [0.15, 0.2) is 5.82 Å². The van der Waals surface area contributed by atoms with Gasteiger partial charge in [0.05, 0.1) is 17.8 Å². The molecule has 1 aromatic rings. The van der Waals surface area contributed by atoms with E-state index in [1.165, 1.54) is 11.2 Å². The molecule has 1 atom stereocenters. The largest absolute Gasteiger partial charge is 0.397 e. The molecular formula is C11H14N4O. The minimum atomic E-state index is -0.112. The number of aromatic nitrogens is 1. The number of carbonyl (C=O) groups is 1. The van der Waals surface area contributed by atoms with Crippen LogP contribution in [-0.4, -0.2) is 16.6 Å². The molecule has 2 heterocycles. The Morgan fingerprint density at radius 1 is 1.50 bits per heavy atom. The topological polar surface area (TPSA) is 71.6 Å². The lowest BCUT2D eigenvalue weighted by Gasteiger charge is -2.12. The standard InChI is InChI=1S/C11H14N4O/c1-3-9-7(2)14-15(11(9)16)10-5-4-8(12)6-13-10/h4-6,9H,3,12H2,1-2H3/t9-/m0/s1. The molecule has 0 spiro atoms. The summed E-state index contributed by atoms with van der Waals surface area (Å²) in [7, 11) is 0. The highest BCUT2D eigenvalue weighted by atomic mass is 16.2. The van der Waals surface area contributed by atoms with E-state index >= 15 is 0 Å². The van der Waals surface area contributed by atoms with Crippen molar-refractivity contribution in [2.45, 2.75) is 20.3 Å². The van der Waals surface area contributed by atoms with Gasteiger partial charge in [-0.05, 0) is 25.5 Å². The van der Waals surface area contributed by atoms with E-state index in [1.807, 2.05) is 13.8 Å². The number of nitrogens with two attached hydrogens (primary N) is 1. The van der Waals surface area contributed by atoms with E-state index in [-0.39, 0.29) is 11.8 Å². The van der Waals surface area contributed by atoms with Gasteiger partial charge in [0.1, 0.15) is 0 Å². The summed E-state index contributed by atoms with van der Waals surface area (Å²) in [5.41, 5.74) is 6.95. The molecule has 0 aliphatic carbocycles. The summed E-state index contributed by atoms with van der Waals surface area (Å²) < 4.78 is 0. The Bertz CT molecular complexity index is 438. The number of hydrazone groups is 1. The zero-order valence-electron chi connectivity index (χ0n) is 9.34. The molecule has 0 saturated carbocycles. The van der Waals surface area contributed by atoms with Crippen LogP contribution in [0.15, 0.2) is 23.4 Å². The highest BCUT2D eigenvalue weighted by Crippen LogP contribution is 2.24. The number of nitrogen functional groups attached to an aromatic ring is 1. The molecule has 1 aromatic heterocycles. The molecule has 0 aromatic carbocycles. The number of hydrogen-bond acceptors (Lipinski definition) is 4. The predicted molar refractivity (Wildman–Crippen MR) is 63.0 cm³/mol. The van der Waals surface area contributed by atoms with Crippen LogP contribution in [0.1, 0.15) is 20.3 Å². The number of amides is 1. The Labute approximate surface area is 94.0 Å². The third kappa shape index (κ3) is 1.64. The molecule has 5 heteroatoms. The molecule has 2 rings (SSSR count). The van der Waals surface area contributed by atoms with Crippen molar-refractivity contribution in [3.8, 4) is 0 Å². The Balaban J connectivity index is 2.30. The minimum Gasteiger partial charge on any atom is -0.397 e. The normalized spacial score (nSPS) is 20.1. The maximum atomic E-state index is 12.0. The van der Waals surface area contributed by atoms with E-state index in [4.69, 9.17) is 5.73 Å². The van der Waals surface area contributed by atoms with E-state index in [1.54, 1.807) is 12.1 Å². The average Bonchev–Trinajstić information content (AvgIpc) is 2.55. The van der Waals surface area contributed by atoms with Crippen molar-refractivity contribution < 1.29 is 4.79 Å². The van der Waals surface area contributed by atoms with Gasteiger partial charge < -0.3 is 5.73 Å². The number of nitrogens with zero attached hydrogens (tertiary/aromatic N) is 3. The first-order valence-electron chi connectivity index (χ1n) is 5.24. The molecule has 0 fully saturated rings. The second kappa shape index (κ2) is 3.92.